The molecule has 0 aliphatic heterocycles. The summed E-state index contributed by atoms with van der Waals surface area (Å²) in [6.45, 7) is 6.33. The van der Waals surface area contributed by atoms with Gasteiger partial charge in [-0.25, -0.2) is 9.97 Å². The quantitative estimate of drug-likeness (QED) is 0.582. The van der Waals surface area contributed by atoms with Crippen molar-refractivity contribution in [3.8, 4) is 0 Å². The largest absolute Gasteiger partial charge is 0.370 e. The second kappa shape index (κ2) is 5.22. The Labute approximate surface area is 112 Å². The van der Waals surface area contributed by atoms with Gasteiger partial charge < -0.3 is 5.73 Å². The molecule has 100 valence electrons. The number of fused-ring (bicyclic) bond motifs is 1. The Kier molecular flexibility index (Phi) is 3.64. The molecule has 1 atom stereocenters. The van der Waals surface area contributed by atoms with Crippen LogP contribution in [0, 0.1) is 12.3 Å². The van der Waals surface area contributed by atoms with E-state index < -0.39 is 0 Å². The molecular formula is C14H19N5. The van der Waals surface area contributed by atoms with E-state index in [4.69, 9.17) is 11.1 Å². The molecule has 0 spiro atoms. The lowest BCUT2D eigenvalue weighted by atomic mass is 9.97. The molecule has 5 heteroatoms. The van der Waals surface area contributed by atoms with Crippen LogP contribution in [0.4, 0.5) is 5.95 Å². The van der Waals surface area contributed by atoms with Crippen LogP contribution in [-0.2, 0) is 0 Å². The fraction of sp³-hybridized carbons (Fsp3) is 0.357. The number of aryl methyl sites for hydroxylation is 1. The zero-order valence-electron chi connectivity index (χ0n) is 11.5. The molecule has 0 bridgehead atoms. The lowest BCUT2D eigenvalue weighted by Gasteiger charge is -2.11. The Morgan fingerprint density at radius 2 is 2.16 bits per heavy atom. The van der Waals surface area contributed by atoms with Crippen molar-refractivity contribution in [3.63, 3.8) is 0 Å². The maximum absolute atomic E-state index is 7.21. The van der Waals surface area contributed by atoms with Crippen LogP contribution in [0.3, 0.4) is 0 Å². The Morgan fingerprint density at radius 3 is 2.79 bits per heavy atom. The Hall–Kier alpha value is -2.17. The number of hydrogen-bond donors (Lipinski definition) is 3. The minimum atomic E-state index is -0.157. The molecule has 0 radical (unpaired) electrons. The highest BCUT2D eigenvalue weighted by Gasteiger charge is 2.08. The maximum Gasteiger partial charge on any atom is 0.230 e. The monoisotopic (exact) mass is 257 g/mol. The molecule has 19 heavy (non-hydrogen) atoms. The summed E-state index contributed by atoms with van der Waals surface area (Å²) < 4.78 is 0. The third-order valence-electron chi connectivity index (χ3n) is 3.34. The Morgan fingerprint density at radius 1 is 1.42 bits per heavy atom. The lowest BCUT2D eigenvalue weighted by Crippen LogP contribution is -2.22. The number of rotatable bonds is 3. The fourth-order valence-electron chi connectivity index (χ4n) is 2.02. The molecule has 4 N–H and O–H groups in total. The molecule has 0 aliphatic rings. The van der Waals surface area contributed by atoms with Gasteiger partial charge in [0, 0.05) is 5.39 Å². The molecule has 2 rings (SSSR count). The summed E-state index contributed by atoms with van der Waals surface area (Å²) in [4.78, 5) is 8.68. The van der Waals surface area contributed by atoms with Gasteiger partial charge >= 0.3 is 0 Å². The van der Waals surface area contributed by atoms with Crippen molar-refractivity contribution >= 4 is 22.8 Å². The molecule has 1 aromatic carbocycles. The highest BCUT2D eigenvalue weighted by atomic mass is 15.2. The fourth-order valence-corrected chi connectivity index (χ4v) is 2.02. The van der Waals surface area contributed by atoms with E-state index in [0.717, 1.165) is 23.0 Å². The zero-order chi connectivity index (χ0) is 14.0. The number of guanidine groups is 1. The van der Waals surface area contributed by atoms with Crippen molar-refractivity contribution in [1.82, 2.24) is 9.97 Å². The second-order valence-electron chi connectivity index (χ2n) is 4.76. The van der Waals surface area contributed by atoms with Gasteiger partial charge in [-0.15, -0.1) is 0 Å². The first-order valence-electron chi connectivity index (χ1n) is 6.40. The Bertz CT molecular complexity index is 621. The van der Waals surface area contributed by atoms with Crippen LogP contribution in [0.15, 0.2) is 18.2 Å². The van der Waals surface area contributed by atoms with Crippen LogP contribution in [0.25, 0.3) is 10.9 Å². The van der Waals surface area contributed by atoms with Crippen LogP contribution in [0.5, 0.6) is 0 Å². The van der Waals surface area contributed by atoms with Crippen LogP contribution in [-0.4, -0.2) is 15.9 Å². The number of benzene rings is 1. The van der Waals surface area contributed by atoms with Crippen LogP contribution < -0.4 is 11.1 Å². The Balaban J connectivity index is 2.50. The van der Waals surface area contributed by atoms with E-state index in [1.165, 1.54) is 5.56 Å². The van der Waals surface area contributed by atoms with E-state index in [9.17, 15) is 0 Å². The van der Waals surface area contributed by atoms with Crippen molar-refractivity contribution < 1.29 is 0 Å². The molecular weight excluding hydrogens is 238 g/mol. The standard InChI is InChI=1S/C14H19N5/c1-4-8(2)10-5-6-12-11(7-10)9(3)17-14(18-12)19-13(15)16/h5-8H,4H2,1-3H3,(H4,15,16,17,18,19). The average Bonchev–Trinajstić information content (AvgIpc) is 2.36. The molecule has 1 unspecified atom stereocenters. The predicted octanol–water partition coefficient (Wildman–Crippen LogP) is 2.76. The highest BCUT2D eigenvalue weighted by Crippen LogP contribution is 2.24. The van der Waals surface area contributed by atoms with Gasteiger partial charge in [-0.1, -0.05) is 19.9 Å². The second-order valence-corrected chi connectivity index (χ2v) is 4.76. The topological polar surface area (TPSA) is 87.7 Å². The number of anilines is 1. The summed E-state index contributed by atoms with van der Waals surface area (Å²) in [6, 6.07) is 6.24. The first kappa shape index (κ1) is 13.3. The van der Waals surface area contributed by atoms with Crippen LogP contribution >= 0.6 is 0 Å². The first-order chi connectivity index (χ1) is 9.01. The zero-order valence-corrected chi connectivity index (χ0v) is 11.5. The van der Waals surface area contributed by atoms with Crippen molar-refractivity contribution in [2.24, 2.45) is 5.73 Å². The molecule has 0 aliphatic carbocycles. The molecule has 5 nitrogen and oxygen atoms in total. The first-order valence-corrected chi connectivity index (χ1v) is 6.40. The van der Waals surface area contributed by atoms with Gasteiger partial charge in [-0.3, -0.25) is 10.7 Å². The summed E-state index contributed by atoms with van der Waals surface area (Å²) in [5, 5.41) is 10.9. The number of nitrogens with zero attached hydrogens (tertiary/aromatic N) is 2. The van der Waals surface area contributed by atoms with E-state index in [1.54, 1.807) is 0 Å². The third kappa shape index (κ3) is 2.81. The van der Waals surface area contributed by atoms with Crippen molar-refractivity contribution in [1.29, 1.82) is 5.41 Å². The molecule has 1 heterocycles. The van der Waals surface area contributed by atoms with Crippen molar-refractivity contribution in [3.05, 3.63) is 29.5 Å². The summed E-state index contributed by atoms with van der Waals surface area (Å²) in [5.41, 5.74) is 8.34. The van der Waals surface area contributed by atoms with Crippen LogP contribution in [0.2, 0.25) is 0 Å². The van der Waals surface area contributed by atoms with Gasteiger partial charge in [0.25, 0.3) is 0 Å². The molecule has 0 saturated heterocycles. The van der Waals surface area contributed by atoms with Gasteiger partial charge in [0.2, 0.25) is 5.95 Å². The SMILES string of the molecule is CCC(C)c1ccc2nc(NC(=N)N)nc(C)c2c1. The molecule has 1 aromatic heterocycles. The molecule has 0 saturated carbocycles. The summed E-state index contributed by atoms with van der Waals surface area (Å²) in [5.74, 6) is 0.739. The van der Waals surface area contributed by atoms with E-state index in [1.807, 2.05) is 13.0 Å². The van der Waals surface area contributed by atoms with E-state index in [0.29, 0.717) is 11.9 Å². The third-order valence-corrected chi connectivity index (χ3v) is 3.34. The normalized spacial score (nSPS) is 12.4. The molecule has 0 fully saturated rings. The van der Waals surface area contributed by atoms with E-state index >= 15 is 0 Å². The maximum atomic E-state index is 7.21. The van der Waals surface area contributed by atoms with Crippen LogP contribution in [0.1, 0.15) is 37.4 Å². The summed E-state index contributed by atoms with van der Waals surface area (Å²) in [7, 11) is 0. The molecule has 2 aromatic rings. The lowest BCUT2D eigenvalue weighted by molar-refractivity contribution is 0.734. The van der Waals surface area contributed by atoms with Crippen molar-refractivity contribution in [2.45, 2.75) is 33.1 Å². The van der Waals surface area contributed by atoms with Gasteiger partial charge in [0.15, 0.2) is 5.96 Å². The molecule has 0 amide bonds. The van der Waals surface area contributed by atoms with Gasteiger partial charge in [-0.05, 0) is 37.0 Å². The number of nitrogens with one attached hydrogen (secondary N) is 2. The summed E-state index contributed by atoms with van der Waals surface area (Å²) >= 11 is 0. The van der Waals surface area contributed by atoms with E-state index in [2.05, 4.69) is 41.3 Å². The van der Waals surface area contributed by atoms with Gasteiger partial charge in [-0.2, -0.15) is 0 Å². The van der Waals surface area contributed by atoms with Gasteiger partial charge in [0.1, 0.15) is 0 Å². The predicted molar refractivity (Wildman–Crippen MR) is 78.5 cm³/mol. The minimum absolute atomic E-state index is 0.157. The van der Waals surface area contributed by atoms with Crippen molar-refractivity contribution in [2.75, 3.05) is 5.32 Å². The average molecular weight is 257 g/mol. The number of aromatic nitrogens is 2. The number of nitrogens with two attached hydrogens (primary N) is 1. The smallest absolute Gasteiger partial charge is 0.230 e. The number of hydrogen-bond acceptors (Lipinski definition) is 3. The summed E-state index contributed by atoms with van der Waals surface area (Å²) in [6.07, 6.45) is 1.11. The van der Waals surface area contributed by atoms with E-state index in [-0.39, 0.29) is 5.96 Å². The van der Waals surface area contributed by atoms with Gasteiger partial charge in [0.05, 0.1) is 11.2 Å². The highest BCUT2D eigenvalue weighted by molar-refractivity contribution is 5.90. The minimum Gasteiger partial charge on any atom is -0.370 e.